The summed E-state index contributed by atoms with van der Waals surface area (Å²) >= 11 is -0.0283. The molecule has 0 aliphatic rings. The summed E-state index contributed by atoms with van der Waals surface area (Å²) in [6.07, 6.45) is 0. The topological polar surface area (TPSA) is 48.0 Å². The second-order valence-electron chi connectivity index (χ2n) is 2.93. The van der Waals surface area contributed by atoms with Crippen LogP contribution in [0.5, 0.6) is 0 Å². The molecule has 0 bridgehead atoms. The summed E-state index contributed by atoms with van der Waals surface area (Å²) < 4.78 is 15.5. The third-order valence-corrected chi connectivity index (χ3v) is 4.29. The molecule has 0 aliphatic carbocycles. The first-order chi connectivity index (χ1) is 6.72. The van der Waals surface area contributed by atoms with Gasteiger partial charge in [0.1, 0.15) is 0 Å². The normalized spacial score (nSPS) is 10.3. The fraction of sp³-hybridized carbons (Fsp3) is 0.222. The molecule has 82 valence electrons. The van der Waals surface area contributed by atoms with Crippen molar-refractivity contribution in [1.29, 1.82) is 0 Å². The van der Waals surface area contributed by atoms with Gasteiger partial charge >= 0.3 is 85.5 Å². The van der Waals surface area contributed by atoms with Crippen molar-refractivity contribution in [2.24, 2.45) is 5.73 Å². The first kappa shape index (κ1) is 12.5. The van der Waals surface area contributed by atoms with E-state index in [1.165, 1.54) is 12.1 Å². The van der Waals surface area contributed by atoms with E-state index < -0.39 is 0 Å². The molecule has 0 saturated carbocycles. The minimum absolute atomic E-state index is 0. The van der Waals surface area contributed by atoms with E-state index in [0.717, 1.165) is 4.26 Å². The van der Waals surface area contributed by atoms with Crippen LogP contribution in [0.25, 0.3) is 9.65 Å². The molecule has 2 aromatic rings. The summed E-state index contributed by atoms with van der Waals surface area (Å²) in [6.45, 7) is 0.999. The van der Waals surface area contributed by atoms with E-state index in [0.29, 0.717) is 18.5 Å². The number of nitrogens with zero attached hydrogens (tertiary/aromatic N) is 1. The van der Waals surface area contributed by atoms with Crippen molar-refractivity contribution in [3.05, 3.63) is 34.4 Å². The Bertz CT molecular complexity index is 522. The number of halogens is 2. The Morgan fingerprint density at radius 2 is 2.20 bits per heavy atom. The van der Waals surface area contributed by atoms with Crippen LogP contribution in [0.15, 0.2) is 23.0 Å². The Morgan fingerprint density at radius 3 is 2.87 bits per heavy atom. The molecule has 0 saturated heterocycles. The molecule has 0 atom stereocenters. The fourth-order valence-electron chi connectivity index (χ4n) is 1.31. The van der Waals surface area contributed by atoms with Gasteiger partial charge < -0.3 is 0 Å². The summed E-state index contributed by atoms with van der Waals surface area (Å²) in [5.74, 6) is -0.359. The van der Waals surface area contributed by atoms with Crippen LogP contribution < -0.4 is 11.3 Å². The van der Waals surface area contributed by atoms with Crippen LogP contribution in [0.1, 0.15) is 0 Å². The van der Waals surface area contributed by atoms with Crippen molar-refractivity contribution >= 4 is 36.8 Å². The molecule has 0 amide bonds. The SMILES string of the molecule is Cl.NCCn1[se]c2ccc(F)cc2c1=O. The fourth-order valence-corrected chi connectivity index (χ4v) is 3.38. The molecule has 15 heavy (non-hydrogen) atoms. The molecule has 0 fully saturated rings. The van der Waals surface area contributed by atoms with Gasteiger partial charge in [0.25, 0.3) is 0 Å². The van der Waals surface area contributed by atoms with Gasteiger partial charge in [-0.3, -0.25) is 0 Å². The van der Waals surface area contributed by atoms with Crippen molar-refractivity contribution in [2.45, 2.75) is 6.54 Å². The summed E-state index contributed by atoms with van der Waals surface area (Å²) in [5, 5.41) is 0.499. The van der Waals surface area contributed by atoms with Gasteiger partial charge in [0.05, 0.1) is 0 Å². The molecule has 1 aromatic heterocycles. The van der Waals surface area contributed by atoms with Crippen LogP contribution in [-0.4, -0.2) is 24.8 Å². The zero-order valence-corrected chi connectivity index (χ0v) is 10.3. The Balaban J connectivity index is 0.00000112. The number of hydrogen-bond acceptors (Lipinski definition) is 2. The van der Waals surface area contributed by atoms with Gasteiger partial charge in [-0.15, -0.1) is 12.4 Å². The zero-order chi connectivity index (χ0) is 10.1. The molecule has 0 unspecified atom stereocenters. The monoisotopic (exact) mass is 296 g/mol. The average Bonchev–Trinajstić information content (AvgIpc) is 2.46. The molecule has 3 nitrogen and oxygen atoms in total. The predicted molar refractivity (Wildman–Crippen MR) is 61.4 cm³/mol. The van der Waals surface area contributed by atoms with Gasteiger partial charge in [-0.25, -0.2) is 0 Å². The van der Waals surface area contributed by atoms with Crippen LogP contribution in [0.3, 0.4) is 0 Å². The van der Waals surface area contributed by atoms with Crippen molar-refractivity contribution in [3.8, 4) is 0 Å². The maximum atomic E-state index is 12.9. The summed E-state index contributed by atoms with van der Waals surface area (Å²) in [7, 11) is 0. The van der Waals surface area contributed by atoms with Crippen LogP contribution in [0, 0.1) is 5.82 Å². The molecule has 2 N–H and O–H groups in total. The molecular formula is C9H10ClFN2OSe. The van der Waals surface area contributed by atoms with E-state index in [9.17, 15) is 9.18 Å². The number of aromatic nitrogens is 1. The zero-order valence-electron chi connectivity index (χ0n) is 7.77. The van der Waals surface area contributed by atoms with Gasteiger partial charge in [-0.2, -0.15) is 0 Å². The molecule has 0 aliphatic heterocycles. The molecule has 1 heterocycles. The molecule has 2 rings (SSSR count). The van der Waals surface area contributed by atoms with Crippen LogP contribution >= 0.6 is 12.4 Å². The Morgan fingerprint density at radius 1 is 1.47 bits per heavy atom. The van der Waals surface area contributed by atoms with Gasteiger partial charge in [0.2, 0.25) is 0 Å². The molecule has 0 radical (unpaired) electrons. The van der Waals surface area contributed by atoms with E-state index in [-0.39, 0.29) is 38.5 Å². The van der Waals surface area contributed by atoms with Crippen molar-refractivity contribution in [1.82, 2.24) is 3.56 Å². The third-order valence-electron chi connectivity index (χ3n) is 1.94. The van der Waals surface area contributed by atoms with Crippen LogP contribution in [0.4, 0.5) is 4.39 Å². The van der Waals surface area contributed by atoms with Crippen LogP contribution in [0.2, 0.25) is 0 Å². The Kier molecular flexibility index (Phi) is 4.11. The standard InChI is InChI=1S/C9H9FN2OSe.ClH/c10-6-1-2-8-7(5-6)9(13)12(14-8)4-3-11;/h1-2,5H,3-4,11H2;1H. The molecule has 0 spiro atoms. The molecule has 6 heteroatoms. The van der Waals surface area contributed by atoms with E-state index >= 15 is 0 Å². The second kappa shape index (κ2) is 4.94. The van der Waals surface area contributed by atoms with Gasteiger partial charge in [-0.1, -0.05) is 0 Å². The Hall–Kier alpha value is -0.611. The van der Waals surface area contributed by atoms with Gasteiger partial charge in [0, 0.05) is 0 Å². The Labute approximate surface area is 98.1 Å². The van der Waals surface area contributed by atoms with E-state index in [1.54, 1.807) is 9.63 Å². The van der Waals surface area contributed by atoms with E-state index in [2.05, 4.69) is 0 Å². The van der Waals surface area contributed by atoms with Crippen molar-refractivity contribution in [3.63, 3.8) is 0 Å². The van der Waals surface area contributed by atoms with Gasteiger partial charge in [-0.05, 0) is 0 Å². The first-order valence-corrected chi connectivity index (χ1v) is 5.84. The summed E-state index contributed by atoms with van der Waals surface area (Å²) in [4.78, 5) is 11.7. The van der Waals surface area contributed by atoms with Gasteiger partial charge in [0.15, 0.2) is 0 Å². The van der Waals surface area contributed by atoms with E-state index in [4.69, 9.17) is 5.73 Å². The van der Waals surface area contributed by atoms with Crippen LogP contribution in [-0.2, 0) is 6.54 Å². The minimum atomic E-state index is -0.359. The maximum absolute atomic E-state index is 12.9. The number of nitrogens with two attached hydrogens (primary N) is 1. The second-order valence-corrected chi connectivity index (χ2v) is 5.16. The predicted octanol–water partition coefficient (Wildman–Crippen LogP) is 0.578. The summed E-state index contributed by atoms with van der Waals surface area (Å²) in [6, 6.07) is 4.37. The number of benzene rings is 1. The quantitative estimate of drug-likeness (QED) is 0.824. The average molecular weight is 296 g/mol. The molecule has 1 aromatic carbocycles. The molecular weight excluding hydrogens is 286 g/mol. The third kappa shape index (κ3) is 2.32. The van der Waals surface area contributed by atoms with Crippen molar-refractivity contribution in [2.75, 3.05) is 6.54 Å². The number of fused-ring (bicyclic) bond motifs is 1. The number of hydrogen-bond donors (Lipinski definition) is 1. The summed E-state index contributed by atoms with van der Waals surface area (Å²) in [5.41, 5.74) is 5.28. The first-order valence-electron chi connectivity index (χ1n) is 4.22. The van der Waals surface area contributed by atoms with Crippen molar-refractivity contribution < 1.29 is 4.39 Å². The van der Waals surface area contributed by atoms with E-state index in [1.807, 2.05) is 0 Å². The number of rotatable bonds is 2.